The largest absolute Gasteiger partial charge is 0.377 e. The van der Waals surface area contributed by atoms with Crippen LogP contribution < -0.4 is 9.80 Å². The zero-order chi connectivity index (χ0) is 18.3. The molecule has 1 aliphatic heterocycles. The maximum atomic E-state index is 14.0. The summed E-state index contributed by atoms with van der Waals surface area (Å²) in [5.41, 5.74) is 2.65. The van der Waals surface area contributed by atoms with Gasteiger partial charge < -0.3 is 9.80 Å². The van der Waals surface area contributed by atoms with E-state index < -0.39 is 5.95 Å². The third-order valence-corrected chi connectivity index (χ3v) is 4.48. The third-order valence-electron chi connectivity index (χ3n) is 4.48. The van der Waals surface area contributed by atoms with Crippen LogP contribution >= 0.6 is 0 Å². The van der Waals surface area contributed by atoms with Crippen molar-refractivity contribution in [1.82, 2.24) is 24.9 Å². The first-order chi connectivity index (χ1) is 12.5. The van der Waals surface area contributed by atoms with E-state index in [9.17, 15) is 4.39 Å². The molecular formula is C18H18FN7. The molecule has 4 rings (SSSR count). The zero-order valence-electron chi connectivity index (χ0n) is 14.8. The van der Waals surface area contributed by atoms with Gasteiger partial charge in [-0.1, -0.05) is 0 Å². The van der Waals surface area contributed by atoms with Crippen molar-refractivity contribution in [3.63, 3.8) is 0 Å². The average molecular weight is 351 g/mol. The van der Waals surface area contributed by atoms with Gasteiger partial charge in [0.1, 0.15) is 5.82 Å². The van der Waals surface area contributed by atoms with Crippen LogP contribution in [0.1, 0.15) is 24.2 Å². The highest BCUT2D eigenvalue weighted by Gasteiger charge is 2.30. The van der Waals surface area contributed by atoms with Crippen molar-refractivity contribution < 1.29 is 4.39 Å². The van der Waals surface area contributed by atoms with Crippen LogP contribution in [0.25, 0.3) is 11.6 Å². The molecule has 4 heterocycles. The number of hydrogen-bond acceptors (Lipinski definition) is 7. The van der Waals surface area contributed by atoms with E-state index in [1.807, 2.05) is 36.9 Å². The summed E-state index contributed by atoms with van der Waals surface area (Å²) in [4.78, 5) is 25.4. The van der Waals surface area contributed by atoms with Gasteiger partial charge in [-0.15, -0.1) is 0 Å². The summed E-state index contributed by atoms with van der Waals surface area (Å²) in [6.45, 7) is 2.57. The highest BCUT2D eigenvalue weighted by molar-refractivity contribution is 5.58. The molecule has 0 bridgehead atoms. The van der Waals surface area contributed by atoms with E-state index in [-0.39, 0.29) is 6.04 Å². The number of fused-ring (bicyclic) bond motifs is 1. The minimum atomic E-state index is -0.501. The van der Waals surface area contributed by atoms with E-state index in [1.165, 1.54) is 6.07 Å². The van der Waals surface area contributed by atoms with Crippen molar-refractivity contribution in [2.75, 3.05) is 23.9 Å². The molecule has 0 aromatic carbocycles. The molecule has 0 spiro atoms. The second-order valence-electron chi connectivity index (χ2n) is 6.37. The Bertz CT molecular complexity index is 946. The maximum absolute atomic E-state index is 14.0. The van der Waals surface area contributed by atoms with Crippen molar-refractivity contribution in [3.05, 3.63) is 54.0 Å². The molecule has 132 valence electrons. The molecule has 7 nitrogen and oxygen atoms in total. The number of rotatable bonds is 3. The Morgan fingerprint density at radius 3 is 2.58 bits per heavy atom. The Morgan fingerprint density at radius 2 is 1.85 bits per heavy atom. The molecule has 1 unspecified atom stereocenters. The van der Waals surface area contributed by atoms with Gasteiger partial charge in [-0.3, -0.25) is 0 Å². The van der Waals surface area contributed by atoms with E-state index in [0.29, 0.717) is 24.0 Å². The van der Waals surface area contributed by atoms with Crippen LogP contribution in [0.3, 0.4) is 0 Å². The molecule has 0 N–H and O–H groups in total. The van der Waals surface area contributed by atoms with Gasteiger partial charge in [-0.25, -0.2) is 24.9 Å². The predicted molar refractivity (Wildman–Crippen MR) is 96.2 cm³/mol. The minimum Gasteiger partial charge on any atom is -0.377 e. The summed E-state index contributed by atoms with van der Waals surface area (Å²) in [5, 5.41) is 0. The van der Waals surface area contributed by atoms with Gasteiger partial charge in [0.25, 0.3) is 0 Å². The van der Waals surface area contributed by atoms with E-state index in [2.05, 4.69) is 24.9 Å². The summed E-state index contributed by atoms with van der Waals surface area (Å²) < 4.78 is 14.0. The number of hydrogen-bond donors (Lipinski definition) is 0. The predicted octanol–water partition coefficient (Wildman–Crippen LogP) is 2.61. The summed E-state index contributed by atoms with van der Waals surface area (Å²) in [7, 11) is 3.75. The molecule has 26 heavy (non-hydrogen) atoms. The van der Waals surface area contributed by atoms with Gasteiger partial charge in [-0.2, -0.15) is 4.39 Å². The third kappa shape index (κ3) is 2.83. The molecule has 0 saturated carbocycles. The van der Waals surface area contributed by atoms with Crippen molar-refractivity contribution >= 4 is 11.5 Å². The first kappa shape index (κ1) is 16.3. The van der Waals surface area contributed by atoms with Gasteiger partial charge in [0.05, 0.1) is 18.3 Å². The van der Waals surface area contributed by atoms with Crippen molar-refractivity contribution in [2.24, 2.45) is 0 Å². The summed E-state index contributed by atoms with van der Waals surface area (Å²) in [5.74, 6) is 1.05. The summed E-state index contributed by atoms with van der Waals surface area (Å²) in [6.07, 6.45) is 5.12. The highest BCUT2D eigenvalue weighted by Crippen LogP contribution is 2.36. The van der Waals surface area contributed by atoms with Gasteiger partial charge in [0, 0.05) is 56.1 Å². The lowest BCUT2D eigenvalue weighted by atomic mass is 10.1. The lowest BCUT2D eigenvalue weighted by Crippen LogP contribution is -2.21. The van der Waals surface area contributed by atoms with Crippen molar-refractivity contribution in [2.45, 2.75) is 19.5 Å². The Hall–Kier alpha value is -3.16. The van der Waals surface area contributed by atoms with Crippen LogP contribution in [-0.4, -0.2) is 39.0 Å². The molecule has 0 aliphatic carbocycles. The Kier molecular flexibility index (Phi) is 3.95. The van der Waals surface area contributed by atoms with Gasteiger partial charge in [-0.05, 0) is 13.0 Å². The Morgan fingerprint density at radius 1 is 1.08 bits per heavy atom. The normalized spacial score (nSPS) is 15.8. The molecule has 3 aromatic rings. The number of nitrogens with zero attached hydrogens (tertiary/aromatic N) is 7. The summed E-state index contributed by atoms with van der Waals surface area (Å²) >= 11 is 0. The fourth-order valence-corrected chi connectivity index (χ4v) is 3.05. The van der Waals surface area contributed by atoms with Gasteiger partial charge >= 0.3 is 0 Å². The van der Waals surface area contributed by atoms with E-state index in [1.54, 1.807) is 24.7 Å². The van der Waals surface area contributed by atoms with Crippen LogP contribution in [0.2, 0.25) is 0 Å². The second kappa shape index (κ2) is 6.29. The first-order valence-electron chi connectivity index (χ1n) is 8.27. The number of halogens is 1. The maximum Gasteiger partial charge on any atom is 0.216 e. The lowest BCUT2D eigenvalue weighted by molar-refractivity contribution is 0.577. The second-order valence-corrected chi connectivity index (χ2v) is 6.37. The van der Waals surface area contributed by atoms with Crippen molar-refractivity contribution in [3.8, 4) is 11.6 Å². The molecule has 1 atom stereocenters. The van der Waals surface area contributed by atoms with E-state index >= 15 is 0 Å². The number of aromatic nitrogens is 5. The monoisotopic (exact) mass is 351 g/mol. The SMILES string of the molecule is CC1c2cnc(-c3ncccn3)nc2CN1c1cc(N(C)C)cc(F)n1. The molecule has 3 aromatic heterocycles. The van der Waals surface area contributed by atoms with E-state index in [4.69, 9.17) is 0 Å². The Labute approximate surface area is 150 Å². The first-order valence-corrected chi connectivity index (χ1v) is 8.27. The molecular weight excluding hydrogens is 333 g/mol. The average Bonchev–Trinajstić information content (AvgIpc) is 2.98. The smallest absolute Gasteiger partial charge is 0.216 e. The number of anilines is 2. The fraction of sp³-hybridized carbons (Fsp3) is 0.278. The molecule has 1 aliphatic rings. The molecule has 0 amide bonds. The zero-order valence-corrected chi connectivity index (χ0v) is 14.8. The van der Waals surface area contributed by atoms with Crippen LogP contribution in [0.15, 0.2) is 36.8 Å². The fourth-order valence-electron chi connectivity index (χ4n) is 3.05. The molecule has 0 saturated heterocycles. The van der Waals surface area contributed by atoms with Crippen LogP contribution in [0.4, 0.5) is 15.9 Å². The quantitative estimate of drug-likeness (QED) is 0.672. The van der Waals surface area contributed by atoms with Crippen LogP contribution in [-0.2, 0) is 6.54 Å². The standard InChI is InChI=1S/C18H18FN7/c1-11-13-9-22-18(17-20-5-4-6-21-17)23-14(13)10-26(11)16-8-12(25(2)3)7-15(19)24-16/h4-9,11H,10H2,1-3H3. The van der Waals surface area contributed by atoms with Gasteiger partial charge in [0.2, 0.25) is 5.95 Å². The molecule has 0 fully saturated rings. The number of pyridine rings is 1. The minimum absolute atomic E-state index is 0.0000500. The van der Waals surface area contributed by atoms with E-state index in [0.717, 1.165) is 16.9 Å². The highest BCUT2D eigenvalue weighted by atomic mass is 19.1. The van der Waals surface area contributed by atoms with Crippen LogP contribution in [0, 0.1) is 5.95 Å². The van der Waals surface area contributed by atoms with Gasteiger partial charge in [0.15, 0.2) is 11.6 Å². The summed E-state index contributed by atoms with van der Waals surface area (Å²) in [6, 6.07) is 5.04. The molecule has 8 heteroatoms. The van der Waals surface area contributed by atoms with Crippen molar-refractivity contribution in [1.29, 1.82) is 0 Å². The van der Waals surface area contributed by atoms with Crippen LogP contribution in [0.5, 0.6) is 0 Å². The lowest BCUT2D eigenvalue weighted by Gasteiger charge is -2.24. The molecule has 0 radical (unpaired) electrons. The Balaban J connectivity index is 1.69. The topological polar surface area (TPSA) is 70.9 Å².